The predicted molar refractivity (Wildman–Crippen MR) is 169 cm³/mol. The summed E-state index contributed by atoms with van der Waals surface area (Å²) in [7, 11) is 0. The molecule has 0 aliphatic carbocycles. The maximum absolute atomic E-state index is 12.6. The monoisotopic (exact) mass is 658 g/mol. The quantitative estimate of drug-likeness (QED) is 0.257. The average Bonchev–Trinajstić information content (AvgIpc) is 3.47. The molecule has 0 saturated heterocycles. The zero-order valence-corrected chi connectivity index (χ0v) is 25.9. The molecule has 4 rings (SSSR count). The fourth-order valence-corrected chi connectivity index (χ4v) is 4.35. The molecule has 252 valence electrons. The Balaban J connectivity index is 0.000000274. The fourth-order valence-electron chi connectivity index (χ4n) is 4.35. The molecule has 0 saturated carbocycles. The lowest BCUT2D eigenvalue weighted by Crippen LogP contribution is -2.35. The number of hydrogen-bond donors (Lipinski definition) is 4. The first-order valence-electron chi connectivity index (χ1n) is 14.5. The van der Waals surface area contributed by atoms with E-state index in [1.807, 2.05) is 18.2 Å². The van der Waals surface area contributed by atoms with Gasteiger partial charge < -0.3 is 26.6 Å². The molecule has 47 heavy (non-hydrogen) atoms. The highest BCUT2D eigenvalue weighted by Crippen LogP contribution is 2.30. The molecule has 11 nitrogen and oxygen atoms in total. The number of hydrogen-bond acceptors (Lipinski definition) is 6. The van der Waals surface area contributed by atoms with Gasteiger partial charge in [0.15, 0.2) is 0 Å². The van der Waals surface area contributed by atoms with Crippen LogP contribution in [0.15, 0.2) is 72.8 Å². The number of carboxylic acids is 2. The molecule has 0 aromatic heterocycles. The lowest BCUT2D eigenvalue weighted by Gasteiger charge is -2.21. The number of amides is 3. The summed E-state index contributed by atoms with van der Waals surface area (Å²) in [5.74, 6) is -4.12. The van der Waals surface area contributed by atoms with Crippen molar-refractivity contribution in [2.45, 2.75) is 45.8 Å². The standard InChI is InChI=1S/C16H16N2O3.C15H20N2O2.C2HF3O2/c17-10-12-5-4-6-13(9-12)16(21)18(11-15(19)20)14-7-2-1-3-8-14;1-3-10(2)8-14(18)17-7-6-11-4-5-12(15(16)19)9-13(11)17;3-2(4,5)1(6)7/h1-9H,10-11,17H2,(H,19,20);4-5,9-10H,3,6-8H2,1-2H3,(H2,16,19);(H,6,7). The number of carboxylic acid groups (broad SMARTS) is 2. The molecular weight excluding hydrogens is 621 g/mol. The molecule has 0 fully saturated rings. The summed E-state index contributed by atoms with van der Waals surface area (Å²) >= 11 is 0. The Morgan fingerprint density at radius 3 is 2.11 bits per heavy atom. The van der Waals surface area contributed by atoms with Gasteiger partial charge in [0, 0.05) is 42.0 Å². The molecule has 0 bridgehead atoms. The molecule has 3 aromatic rings. The zero-order chi connectivity index (χ0) is 35.3. The van der Waals surface area contributed by atoms with E-state index in [2.05, 4.69) is 13.8 Å². The van der Waals surface area contributed by atoms with Gasteiger partial charge in [0.05, 0.1) is 0 Å². The second-order valence-electron chi connectivity index (χ2n) is 10.5. The maximum Gasteiger partial charge on any atom is 0.490 e. The lowest BCUT2D eigenvalue weighted by molar-refractivity contribution is -0.192. The van der Waals surface area contributed by atoms with E-state index >= 15 is 0 Å². The summed E-state index contributed by atoms with van der Waals surface area (Å²) in [5, 5.41) is 16.2. The summed E-state index contributed by atoms with van der Waals surface area (Å²) < 4.78 is 31.7. The first-order valence-corrected chi connectivity index (χ1v) is 14.5. The fraction of sp³-hybridized carbons (Fsp3) is 0.303. The van der Waals surface area contributed by atoms with Crippen molar-refractivity contribution in [3.8, 4) is 0 Å². The largest absolute Gasteiger partial charge is 0.490 e. The van der Waals surface area contributed by atoms with E-state index in [4.69, 9.17) is 26.5 Å². The third-order valence-corrected chi connectivity index (χ3v) is 7.04. The van der Waals surface area contributed by atoms with Crippen LogP contribution < -0.4 is 21.3 Å². The Labute approximate surface area is 269 Å². The molecule has 3 amide bonds. The molecule has 1 aliphatic rings. The minimum absolute atomic E-state index is 0.134. The second kappa shape index (κ2) is 17.5. The summed E-state index contributed by atoms with van der Waals surface area (Å²) in [6.07, 6.45) is -2.69. The van der Waals surface area contributed by atoms with Crippen molar-refractivity contribution in [2.24, 2.45) is 17.4 Å². The number of rotatable bonds is 9. The second-order valence-corrected chi connectivity index (χ2v) is 10.5. The normalized spacial score (nSPS) is 12.3. The molecule has 1 heterocycles. The van der Waals surface area contributed by atoms with Gasteiger partial charge in [-0.25, -0.2) is 4.79 Å². The van der Waals surface area contributed by atoms with Gasteiger partial charge >= 0.3 is 18.1 Å². The summed E-state index contributed by atoms with van der Waals surface area (Å²) in [6.45, 7) is 4.80. The van der Waals surface area contributed by atoms with Crippen LogP contribution in [0.1, 0.15) is 58.5 Å². The van der Waals surface area contributed by atoms with Gasteiger partial charge in [-0.05, 0) is 59.9 Å². The van der Waals surface area contributed by atoms with Crippen LogP contribution >= 0.6 is 0 Å². The van der Waals surface area contributed by atoms with Crippen molar-refractivity contribution in [3.05, 3.63) is 95.1 Å². The van der Waals surface area contributed by atoms with Gasteiger partial charge in [0.2, 0.25) is 11.8 Å². The third kappa shape index (κ3) is 11.6. The number of primary amides is 1. The number of nitrogens with two attached hydrogens (primary N) is 2. The van der Waals surface area contributed by atoms with Crippen LogP contribution in [-0.2, 0) is 27.3 Å². The highest BCUT2D eigenvalue weighted by atomic mass is 19.4. The van der Waals surface area contributed by atoms with Crippen LogP contribution in [0.2, 0.25) is 0 Å². The molecule has 14 heteroatoms. The molecule has 6 N–H and O–H groups in total. The first kappa shape index (κ1) is 37.9. The number of carbonyl (C=O) groups excluding carboxylic acids is 3. The summed E-state index contributed by atoms with van der Waals surface area (Å²) in [4.78, 5) is 59.0. The average molecular weight is 659 g/mol. The van der Waals surface area contributed by atoms with Crippen LogP contribution in [0.25, 0.3) is 0 Å². The summed E-state index contributed by atoms with van der Waals surface area (Å²) in [5.41, 5.74) is 15.1. The topological polar surface area (TPSA) is 184 Å². The van der Waals surface area contributed by atoms with Gasteiger partial charge in [0.1, 0.15) is 6.54 Å². The van der Waals surface area contributed by atoms with Gasteiger partial charge in [-0.3, -0.25) is 24.1 Å². The Kier molecular flexibility index (Phi) is 14.1. The van der Waals surface area contributed by atoms with Crippen molar-refractivity contribution in [2.75, 3.05) is 22.9 Å². The molecule has 0 spiro atoms. The van der Waals surface area contributed by atoms with Crippen LogP contribution in [0.3, 0.4) is 0 Å². The number of carbonyl (C=O) groups is 5. The number of para-hydroxylation sites is 1. The molecule has 1 atom stereocenters. The number of fused-ring (bicyclic) bond motifs is 1. The molecule has 0 radical (unpaired) electrons. The smallest absolute Gasteiger partial charge is 0.480 e. The number of benzene rings is 3. The maximum atomic E-state index is 12.6. The van der Waals surface area contributed by atoms with Crippen molar-refractivity contribution in [1.29, 1.82) is 0 Å². The number of halogens is 3. The van der Waals surface area contributed by atoms with Crippen molar-refractivity contribution < 1.29 is 47.4 Å². The first-order chi connectivity index (χ1) is 22.1. The van der Waals surface area contributed by atoms with E-state index in [1.54, 1.807) is 59.5 Å². The predicted octanol–water partition coefficient (Wildman–Crippen LogP) is 4.62. The number of aliphatic carboxylic acids is 2. The lowest BCUT2D eigenvalue weighted by atomic mass is 10.0. The van der Waals surface area contributed by atoms with E-state index in [0.717, 1.165) is 29.7 Å². The van der Waals surface area contributed by atoms with E-state index in [-0.39, 0.29) is 11.8 Å². The Bertz CT molecular complexity index is 1570. The molecular formula is C33H37F3N4O7. The van der Waals surface area contributed by atoms with Crippen LogP contribution in [0.4, 0.5) is 24.5 Å². The van der Waals surface area contributed by atoms with Crippen LogP contribution in [-0.4, -0.2) is 59.1 Å². The van der Waals surface area contributed by atoms with E-state index < -0.39 is 30.6 Å². The minimum Gasteiger partial charge on any atom is -0.480 e. The van der Waals surface area contributed by atoms with Crippen molar-refractivity contribution in [3.63, 3.8) is 0 Å². The van der Waals surface area contributed by atoms with Gasteiger partial charge in [-0.15, -0.1) is 0 Å². The number of nitrogens with zero attached hydrogens (tertiary/aromatic N) is 2. The van der Waals surface area contributed by atoms with Gasteiger partial charge in [-0.2, -0.15) is 13.2 Å². The van der Waals surface area contributed by atoms with Gasteiger partial charge in [-0.1, -0.05) is 56.7 Å². The molecule has 1 unspecified atom stereocenters. The Morgan fingerprint density at radius 1 is 0.936 bits per heavy atom. The molecule has 1 aliphatic heterocycles. The summed E-state index contributed by atoms with van der Waals surface area (Å²) in [6, 6.07) is 21.0. The highest BCUT2D eigenvalue weighted by molar-refractivity contribution is 6.08. The van der Waals surface area contributed by atoms with E-state index in [1.165, 1.54) is 4.90 Å². The van der Waals surface area contributed by atoms with Crippen molar-refractivity contribution >= 4 is 41.0 Å². The SMILES string of the molecule is CCC(C)CC(=O)N1CCc2ccc(C(N)=O)cc21.NCc1cccc(C(=O)N(CC(=O)O)c2ccccc2)c1.O=C(O)C(F)(F)F. The van der Waals surface area contributed by atoms with E-state index in [9.17, 15) is 32.3 Å². The Hall–Kier alpha value is -5.24. The van der Waals surface area contributed by atoms with Crippen LogP contribution in [0, 0.1) is 5.92 Å². The van der Waals surface area contributed by atoms with Crippen molar-refractivity contribution in [1.82, 2.24) is 0 Å². The number of alkyl halides is 3. The number of anilines is 2. The zero-order valence-electron chi connectivity index (χ0n) is 25.9. The van der Waals surface area contributed by atoms with E-state index in [0.29, 0.717) is 42.2 Å². The minimum atomic E-state index is -5.08. The van der Waals surface area contributed by atoms with Gasteiger partial charge in [0.25, 0.3) is 5.91 Å². The molecule has 3 aromatic carbocycles. The Morgan fingerprint density at radius 2 is 1.57 bits per heavy atom. The highest BCUT2D eigenvalue weighted by Gasteiger charge is 2.38. The van der Waals surface area contributed by atoms with Crippen LogP contribution in [0.5, 0.6) is 0 Å². The third-order valence-electron chi connectivity index (χ3n) is 7.04.